The molecule has 0 aromatic rings. The zero-order valence-electron chi connectivity index (χ0n) is 56.2. The number of carbonyl (C=O) groups excluding carboxylic acids is 2. The molecule has 9 heterocycles. The molecule has 0 saturated carbocycles. The summed E-state index contributed by atoms with van der Waals surface area (Å²) < 4.78 is 98.9. The van der Waals surface area contributed by atoms with E-state index in [1.165, 1.54) is 0 Å². The minimum Gasteiger partial charge on any atom is -0.394 e. The molecule has 29 N–H and O–H groups in total. The lowest BCUT2D eigenvalue weighted by Crippen LogP contribution is -2.70. The highest BCUT2D eigenvalue weighted by Crippen LogP contribution is 2.40. The second-order valence-corrected chi connectivity index (χ2v) is 26.7. The average Bonchev–Trinajstić information content (AvgIpc) is 0.784. The number of carbonyl (C=O) groups is 2. The molecule has 9 aliphatic heterocycles. The van der Waals surface area contributed by atoms with Crippen molar-refractivity contribution >= 4 is 11.8 Å². The average molecular weight is 1560 g/mol. The van der Waals surface area contributed by atoms with E-state index in [1.54, 1.807) is 0 Å². The van der Waals surface area contributed by atoms with E-state index in [9.17, 15) is 147 Å². The SMILES string of the molecule is CC(=O)N[C@H]1[C@H](O[C@H]2[C@H](O)[C@@H](NC(C)=O)C(O)O[C@@H]2CO)O[C@H](CO)[C@@H](O[C@@H]2O[C@H](CO[C@H]3O[C@H](CO[C@H]4O[C@H](CO)[C@@H](O)[C@H](O)[C@@H]4O)[C@@H](O)[C@H](O[C@H]4O[C@H](CO)[C@@H](O)[C@H](O)[C@@H]4O[C@H]4O[C@@H]([C@H](O)CO)[C@H](O)[C@H]4O)[C@@H]3O)[C@@H](O)[C@H](O[C@H]3O[C@H](CO)[C@@H](O)[C@H](O)[C@@H]3O[C@H]3O[C@H](CO)[C@@H](O)[C@H](O)[C@@H]3O)[C@@H]2O)[C@@H]1O. The van der Waals surface area contributed by atoms with Crippen LogP contribution in [0.2, 0.25) is 0 Å². The number of ether oxygens (including phenoxy) is 17. The lowest BCUT2D eigenvalue weighted by Gasteiger charge is -2.51. The predicted molar refractivity (Wildman–Crippen MR) is 320 cm³/mol. The number of nitrogens with one attached hydrogen (secondary N) is 2. The fraction of sp³-hybridized carbons (Fsp3) is 0.966. The Balaban J connectivity index is 1.06. The van der Waals surface area contributed by atoms with E-state index < -0.39 is 348 Å². The van der Waals surface area contributed by atoms with Gasteiger partial charge in [-0.2, -0.15) is 0 Å². The van der Waals surface area contributed by atoms with E-state index in [0.717, 1.165) is 13.8 Å². The lowest BCUT2D eigenvalue weighted by atomic mass is 9.94. The predicted octanol–water partition coefficient (Wildman–Crippen LogP) is -20.3. The van der Waals surface area contributed by atoms with Crippen LogP contribution >= 0.6 is 0 Å². The fourth-order valence-corrected chi connectivity index (χ4v) is 13.6. The van der Waals surface area contributed by atoms with Gasteiger partial charge in [-0.05, 0) is 0 Å². The highest BCUT2D eigenvalue weighted by atomic mass is 16.8. The topological polar surface area (TPSA) is 761 Å². The van der Waals surface area contributed by atoms with Crippen LogP contribution in [-0.2, 0) is 90.1 Å². The summed E-state index contributed by atoms with van der Waals surface area (Å²) in [5.41, 5.74) is 0. The van der Waals surface area contributed by atoms with Crippen molar-refractivity contribution in [1.82, 2.24) is 10.6 Å². The lowest BCUT2D eigenvalue weighted by molar-refractivity contribution is -0.399. The Bertz CT molecular complexity index is 2710. The molecule has 0 aromatic carbocycles. The normalized spacial score (nSPS) is 50.7. The molecule has 9 aliphatic rings. The first kappa shape index (κ1) is 87.2. The third kappa shape index (κ3) is 18.7. The van der Waals surface area contributed by atoms with Gasteiger partial charge in [0.05, 0.1) is 59.5 Å². The summed E-state index contributed by atoms with van der Waals surface area (Å²) in [5, 5.41) is 301. The Kier molecular flexibility index (Phi) is 31.1. The molecular formula is C58H98N2O46. The van der Waals surface area contributed by atoms with Crippen molar-refractivity contribution in [2.75, 3.05) is 59.5 Å². The first-order valence-corrected chi connectivity index (χ1v) is 33.7. The van der Waals surface area contributed by atoms with E-state index in [4.69, 9.17) is 80.5 Å². The van der Waals surface area contributed by atoms with Gasteiger partial charge in [0.15, 0.2) is 56.6 Å². The molecule has 48 heteroatoms. The third-order valence-electron chi connectivity index (χ3n) is 19.5. The molecule has 0 bridgehead atoms. The van der Waals surface area contributed by atoms with Gasteiger partial charge < -0.3 is 229 Å². The molecule has 0 aliphatic carbocycles. The number of rotatable bonds is 28. The van der Waals surface area contributed by atoms with Gasteiger partial charge >= 0.3 is 0 Å². The van der Waals surface area contributed by atoms with E-state index in [-0.39, 0.29) is 0 Å². The van der Waals surface area contributed by atoms with Crippen molar-refractivity contribution in [3.05, 3.63) is 0 Å². The molecule has 9 saturated heterocycles. The van der Waals surface area contributed by atoms with Crippen LogP contribution in [0.5, 0.6) is 0 Å². The summed E-state index contributed by atoms with van der Waals surface area (Å²) in [6.07, 6.45) is -90.4. The Morgan fingerprint density at radius 3 is 1.06 bits per heavy atom. The third-order valence-corrected chi connectivity index (χ3v) is 19.5. The Labute approximate surface area is 598 Å². The van der Waals surface area contributed by atoms with Crippen molar-refractivity contribution in [3.8, 4) is 0 Å². The van der Waals surface area contributed by atoms with Crippen LogP contribution in [0.15, 0.2) is 0 Å². The van der Waals surface area contributed by atoms with Gasteiger partial charge in [-0.15, -0.1) is 0 Å². The Morgan fingerprint density at radius 2 is 0.604 bits per heavy atom. The van der Waals surface area contributed by atoms with Gasteiger partial charge in [-0.3, -0.25) is 9.59 Å². The highest BCUT2D eigenvalue weighted by molar-refractivity contribution is 5.73. The van der Waals surface area contributed by atoms with Gasteiger partial charge in [-0.1, -0.05) is 0 Å². The van der Waals surface area contributed by atoms with E-state index >= 15 is 0 Å². The van der Waals surface area contributed by atoms with Crippen molar-refractivity contribution in [2.24, 2.45) is 0 Å². The molecule has 9 fully saturated rings. The van der Waals surface area contributed by atoms with Crippen LogP contribution in [0.4, 0.5) is 0 Å². The Hall–Kier alpha value is -2.82. The zero-order chi connectivity index (χ0) is 77.9. The minimum atomic E-state index is -2.55. The van der Waals surface area contributed by atoms with Crippen LogP contribution < -0.4 is 10.6 Å². The second kappa shape index (κ2) is 37.9. The first-order valence-electron chi connectivity index (χ1n) is 33.7. The number of hydrogen-bond donors (Lipinski definition) is 29. The molecule has 106 heavy (non-hydrogen) atoms. The molecule has 48 nitrogen and oxygen atoms in total. The standard InChI is InChI=1S/C58H98N2O46/c1-12(68)59-23-31(77)44(19(8-66)92-50(23)89)101-51-24(60-13(2)69)32(78)45(20(9-67)97-51)102-56-42(88)47(104-57-48(35(81)27(73)17(6-64)95-57)105-54-39(85)34(80)26(72)16(5-63)94-54)30(76)22(99-56)11-91-53-41(87)46(29(75)21(98-53)10-90-52-38(84)33(79)25(71)15(4-62)93-52)103-58-49(36(82)28(74)18(7-65)96-58)106-55-40(86)37(83)43(100-55)14(70)3-61/h14-58,61-67,70-89H,3-11H2,1-2H3,(H,59,68)(H,60,69)/t14-,15-,16-,17-,18-,19-,20-,21-,22-,23-,24-,25-,26-,27-,28-,29-,30-,31-,32-,33+,34+,35+,36+,37-,38+,39+,40-,41+,42+,43+,44-,45-,46+,47+,48+,49+,50?,51+,52+,53+,54-,55-,56+,57-,58-/m1/s1. The number of hydrogen-bond acceptors (Lipinski definition) is 46. The maximum Gasteiger partial charge on any atom is 0.217 e. The van der Waals surface area contributed by atoms with Gasteiger partial charge in [0.25, 0.3) is 0 Å². The summed E-state index contributed by atoms with van der Waals surface area (Å²) >= 11 is 0. The highest BCUT2D eigenvalue weighted by Gasteiger charge is 2.61. The molecule has 0 aromatic heterocycles. The van der Waals surface area contributed by atoms with Crippen LogP contribution in [0.1, 0.15) is 13.8 Å². The molecule has 0 spiro atoms. The number of amides is 2. The summed E-state index contributed by atoms with van der Waals surface area (Å²) in [6, 6.07) is -3.56. The minimum absolute atomic E-state index is 0.784. The molecule has 45 atom stereocenters. The van der Waals surface area contributed by atoms with Gasteiger partial charge in [0, 0.05) is 13.8 Å². The van der Waals surface area contributed by atoms with Crippen molar-refractivity contribution in [2.45, 2.75) is 290 Å². The van der Waals surface area contributed by atoms with Gasteiger partial charge in [0.2, 0.25) is 11.8 Å². The van der Waals surface area contributed by atoms with Crippen molar-refractivity contribution in [1.29, 1.82) is 0 Å². The van der Waals surface area contributed by atoms with Crippen LogP contribution in [0.25, 0.3) is 0 Å². The summed E-state index contributed by atoms with van der Waals surface area (Å²) in [5.74, 6) is -1.72. The maximum absolute atomic E-state index is 12.9. The number of aliphatic hydroxyl groups excluding tert-OH is 27. The van der Waals surface area contributed by atoms with Crippen molar-refractivity contribution < 1.29 is 228 Å². The monoisotopic (exact) mass is 1560 g/mol. The first-order chi connectivity index (χ1) is 50.2. The van der Waals surface area contributed by atoms with Gasteiger partial charge in [0.1, 0.15) is 220 Å². The van der Waals surface area contributed by atoms with Crippen LogP contribution in [-0.4, -0.2) is 485 Å². The van der Waals surface area contributed by atoms with E-state index in [1.807, 2.05) is 0 Å². The fourth-order valence-electron chi connectivity index (χ4n) is 13.6. The smallest absolute Gasteiger partial charge is 0.217 e. The largest absolute Gasteiger partial charge is 0.394 e. The summed E-state index contributed by atoms with van der Waals surface area (Å²) in [7, 11) is 0. The van der Waals surface area contributed by atoms with Crippen LogP contribution in [0, 0.1) is 0 Å². The van der Waals surface area contributed by atoms with Crippen molar-refractivity contribution in [3.63, 3.8) is 0 Å². The number of aliphatic hydroxyl groups is 27. The van der Waals surface area contributed by atoms with Crippen LogP contribution in [0.3, 0.4) is 0 Å². The van der Waals surface area contributed by atoms with E-state index in [0.29, 0.717) is 0 Å². The summed E-state index contributed by atoms with van der Waals surface area (Å²) in [6.45, 7) is -7.77. The molecule has 616 valence electrons. The molecular weight excluding hydrogens is 1460 g/mol. The zero-order valence-corrected chi connectivity index (χ0v) is 56.2. The molecule has 9 rings (SSSR count). The second-order valence-electron chi connectivity index (χ2n) is 26.7. The quantitative estimate of drug-likeness (QED) is 0.0346. The molecule has 0 radical (unpaired) electrons. The van der Waals surface area contributed by atoms with E-state index in [2.05, 4.69) is 10.6 Å². The Morgan fingerprint density at radius 1 is 0.292 bits per heavy atom. The van der Waals surface area contributed by atoms with Gasteiger partial charge in [-0.25, -0.2) is 0 Å². The maximum atomic E-state index is 12.9. The molecule has 2 amide bonds. The summed E-state index contributed by atoms with van der Waals surface area (Å²) in [4.78, 5) is 25.0. The molecule has 1 unspecified atom stereocenters.